The Labute approximate surface area is 223 Å². The minimum atomic E-state index is -0.955. The zero-order chi connectivity index (χ0) is 26.7. The van der Waals surface area contributed by atoms with E-state index in [1.807, 2.05) is 25.1 Å². The third-order valence-electron chi connectivity index (χ3n) is 7.74. The van der Waals surface area contributed by atoms with Crippen molar-refractivity contribution < 1.29 is 28.6 Å². The number of likely N-dealkylation sites (tertiary alicyclic amines) is 1. The highest BCUT2D eigenvalue weighted by Gasteiger charge is 2.54. The number of hydrogen-bond acceptors (Lipinski definition) is 6. The molecule has 0 unspecified atom stereocenters. The maximum atomic E-state index is 13.9. The van der Waals surface area contributed by atoms with E-state index in [0.717, 1.165) is 18.4 Å². The van der Waals surface area contributed by atoms with Gasteiger partial charge in [0.15, 0.2) is 0 Å². The molecule has 2 atom stereocenters. The number of carbonyl (C=O) groups is 3. The molecular weight excluding hydrogens is 486 g/mol. The summed E-state index contributed by atoms with van der Waals surface area (Å²) in [6.07, 6.45) is 2.74. The van der Waals surface area contributed by atoms with E-state index in [-0.39, 0.29) is 30.4 Å². The van der Waals surface area contributed by atoms with Crippen molar-refractivity contribution in [1.29, 1.82) is 0 Å². The Balaban J connectivity index is 1.33. The molecule has 1 N–H and O–H groups in total. The Morgan fingerprint density at radius 2 is 1.82 bits per heavy atom. The molecule has 0 aliphatic carbocycles. The van der Waals surface area contributed by atoms with Crippen LogP contribution in [0.3, 0.4) is 0 Å². The van der Waals surface area contributed by atoms with Gasteiger partial charge in [-0.2, -0.15) is 0 Å². The van der Waals surface area contributed by atoms with Gasteiger partial charge in [0, 0.05) is 50.2 Å². The minimum Gasteiger partial charge on any atom is -0.497 e. The summed E-state index contributed by atoms with van der Waals surface area (Å²) in [5.41, 5.74) is 1.10. The summed E-state index contributed by atoms with van der Waals surface area (Å²) in [5.74, 6) is 0.129. The molecule has 2 aromatic carbocycles. The first-order valence-corrected chi connectivity index (χ1v) is 13.3. The van der Waals surface area contributed by atoms with Crippen LogP contribution in [0.15, 0.2) is 48.5 Å². The zero-order valence-electron chi connectivity index (χ0n) is 22.0. The molecule has 3 amide bonds. The highest BCUT2D eigenvalue weighted by atomic mass is 16.5. The van der Waals surface area contributed by atoms with Crippen LogP contribution in [0.1, 0.15) is 52.0 Å². The van der Waals surface area contributed by atoms with Gasteiger partial charge in [-0.3, -0.25) is 19.3 Å². The first kappa shape index (κ1) is 26.2. The van der Waals surface area contributed by atoms with E-state index in [9.17, 15) is 14.4 Å². The van der Waals surface area contributed by atoms with Crippen molar-refractivity contribution in [2.24, 2.45) is 0 Å². The molecule has 5 rings (SSSR count). The summed E-state index contributed by atoms with van der Waals surface area (Å²) in [6.45, 7) is 3.99. The van der Waals surface area contributed by atoms with Crippen molar-refractivity contribution in [2.75, 3.05) is 40.0 Å². The lowest BCUT2D eigenvalue weighted by atomic mass is 9.95. The quantitative estimate of drug-likeness (QED) is 0.628. The predicted molar refractivity (Wildman–Crippen MR) is 140 cm³/mol. The summed E-state index contributed by atoms with van der Waals surface area (Å²) in [6, 6.07) is 13.6. The fourth-order valence-electron chi connectivity index (χ4n) is 5.60. The van der Waals surface area contributed by atoms with Crippen molar-refractivity contribution in [3.63, 3.8) is 0 Å². The van der Waals surface area contributed by atoms with Crippen molar-refractivity contribution in [3.8, 4) is 5.75 Å². The fourth-order valence-corrected chi connectivity index (χ4v) is 5.60. The van der Waals surface area contributed by atoms with Gasteiger partial charge < -0.3 is 24.4 Å². The van der Waals surface area contributed by atoms with Gasteiger partial charge in [0.05, 0.1) is 19.8 Å². The number of rotatable bonds is 6. The van der Waals surface area contributed by atoms with Crippen molar-refractivity contribution in [1.82, 2.24) is 15.1 Å². The molecule has 0 saturated carbocycles. The normalized spacial score (nSPS) is 22.5. The molecule has 0 radical (unpaired) electrons. The molecule has 3 fully saturated rings. The minimum absolute atomic E-state index is 0.00311. The summed E-state index contributed by atoms with van der Waals surface area (Å²) >= 11 is 0. The van der Waals surface area contributed by atoms with Crippen LogP contribution >= 0.6 is 0 Å². The smallest absolute Gasteiger partial charge is 0.256 e. The molecule has 0 aromatic heterocycles. The van der Waals surface area contributed by atoms with Gasteiger partial charge in [0.25, 0.3) is 11.8 Å². The summed E-state index contributed by atoms with van der Waals surface area (Å²) < 4.78 is 17.1. The highest BCUT2D eigenvalue weighted by Crippen LogP contribution is 2.39. The Morgan fingerprint density at radius 1 is 1.05 bits per heavy atom. The zero-order valence-corrected chi connectivity index (χ0v) is 22.0. The first-order chi connectivity index (χ1) is 18.4. The van der Waals surface area contributed by atoms with Crippen molar-refractivity contribution in [3.05, 3.63) is 65.2 Å². The second kappa shape index (κ2) is 11.1. The lowest BCUT2D eigenvalue weighted by molar-refractivity contribution is -0.128. The molecular formula is C29H35N3O6. The second-order valence-electron chi connectivity index (χ2n) is 10.2. The Hall–Kier alpha value is -3.43. The third kappa shape index (κ3) is 5.26. The monoisotopic (exact) mass is 521 g/mol. The van der Waals surface area contributed by atoms with Gasteiger partial charge in [0.1, 0.15) is 17.5 Å². The maximum absolute atomic E-state index is 13.9. The number of aryl methyl sites for hydroxylation is 1. The molecule has 202 valence electrons. The van der Waals surface area contributed by atoms with E-state index < -0.39 is 11.8 Å². The number of amides is 3. The van der Waals surface area contributed by atoms with Crippen LogP contribution in [0.4, 0.5) is 0 Å². The van der Waals surface area contributed by atoms with E-state index in [0.29, 0.717) is 56.0 Å². The first-order valence-electron chi connectivity index (χ1n) is 13.3. The van der Waals surface area contributed by atoms with Crippen LogP contribution in [-0.4, -0.2) is 85.3 Å². The molecule has 3 aliphatic heterocycles. The van der Waals surface area contributed by atoms with E-state index >= 15 is 0 Å². The lowest BCUT2D eigenvalue weighted by Gasteiger charge is -2.44. The van der Waals surface area contributed by atoms with Crippen LogP contribution < -0.4 is 10.1 Å². The Kier molecular flexibility index (Phi) is 7.67. The fraction of sp³-hybridized carbons (Fsp3) is 0.483. The number of piperidine rings is 1. The summed E-state index contributed by atoms with van der Waals surface area (Å²) in [7, 11) is 1.59. The molecule has 3 aliphatic rings. The van der Waals surface area contributed by atoms with E-state index in [1.165, 1.54) is 0 Å². The molecule has 38 heavy (non-hydrogen) atoms. The average molecular weight is 522 g/mol. The number of nitrogens with zero attached hydrogens (tertiary/aromatic N) is 2. The van der Waals surface area contributed by atoms with Gasteiger partial charge >= 0.3 is 0 Å². The van der Waals surface area contributed by atoms with Crippen molar-refractivity contribution >= 4 is 17.7 Å². The third-order valence-corrected chi connectivity index (χ3v) is 7.74. The standard InChI is InChI=1S/C29H35N3O6/c1-20-5-3-6-22(17-20)28(35)32-25(26(33)30-18-24-7-4-16-37-24)19-38-29(32)12-14-31(15-13-29)27(34)21-8-10-23(36-2)11-9-21/h3,5-6,8-11,17,24-25H,4,7,12-16,18-19H2,1-2H3,(H,30,33)/t24-,25-/m1/s1. The van der Waals surface area contributed by atoms with Crippen LogP contribution in [0.5, 0.6) is 5.75 Å². The Morgan fingerprint density at radius 3 is 2.47 bits per heavy atom. The van der Waals surface area contributed by atoms with Crippen LogP contribution in [-0.2, 0) is 14.3 Å². The van der Waals surface area contributed by atoms with Gasteiger partial charge in [-0.05, 0) is 56.2 Å². The van der Waals surface area contributed by atoms with E-state index in [4.69, 9.17) is 14.2 Å². The Bertz CT molecular complexity index is 1170. The molecule has 1 spiro atoms. The van der Waals surface area contributed by atoms with E-state index in [1.54, 1.807) is 47.2 Å². The average Bonchev–Trinajstić information content (AvgIpc) is 3.60. The molecule has 9 heteroatoms. The van der Waals surface area contributed by atoms with Gasteiger partial charge in [-0.25, -0.2) is 0 Å². The van der Waals surface area contributed by atoms with Gasteiger partial charge in [-0.15, -0.1) is 0 Å². The number of nitrogens with one attached hydrogen (secondary N) is 1. The number of hydrogen-bond donors (Lipinski definition) is 1. The molecule has 2 aromatic rings. The maximum Gasteiger partial charge on any atom is 0.256 e. The van der Waals surface area contributed by atoms with E-state index in [2.05, 4.69) is 5.32 Å². The highest BCUT2D eigenvalue weighted by molar-refractivity contribution is 5.99. The summed E-state index contributed by atoms with van der Waals surface area (Å²) in [5, 5.41) is 2.98. The van der Waals surface area contributed by atoms with Crippen LogP contribution in [0.2, 0.25) is 0 Å². The van der Waals surface area contributed by atoms with Crippen molar-refractivity contribution in [2.45, 2.75) is 50.5 Å². The number of methoxy groups -OCH3 is 1. The molecule has 3 saturated heterocycles. The van der Waals surface area contributed by atoms with Crippen LogP contribution in [0, 0.1) is 6.92 Å². The number of benzene rings is 2. The number of carbonyl (C=O) groups excluding carboxylic acids is 3. The van der Waals surface area contributed by atoms with Crippen LogP contribution in [0.25, 0.3) is 0 Å². The van der Waals surface area contributed by atoms with Gasteiger partial charge in [0.2, 0.25) is 5.91 Å². The summed E-state index contributed by atoms with van der Waals surface area (Å²) in [4.78, 5) is 43.8. The predicted octanol–water partition coefficient (Wildman–Crippen LogP) is 2.77. The second-order valence-corrected chi connectivity index (χ2v) is 10.2. The molecule has 0 bridgehead atoms. The largest absolute Gasteiger partial charge is 0.497 e. The topological polar surface area (TPSA) is 97.4 Å². The van der Waals surface area contributed by atoms with Gasteiger partial charge in [-0.1, -0.05) is 17.7 Å². The SMILES string of the molecule is COc1ccc(C(=O)N2CCC3(CC2)OC[C@H](C(=O)NC[C@H]2CCCO2)N3C(=O)c2cccc(C)c2)cc1. The number of ether oxygens (including phenoxy) is 3. The molecule has 3 heterocycles. The molecule has 9 nitrogen and oxygen atoms in total. The lowest BCUT2D eigenvalue weighted by Crippen LogP contribution is -2.60.